The van der Waals surface area contributed by atoms with Crippen molar-refractivity contribution in [2.24, 2.45) is 0 Å². The Morgan fingerprint density at radius 2 is 2.05 bits per heavy atom. The fraction of sp³-hybridized carbons (Fsp3) is 0.467. The van der Waals surface area contributed by atoms with Gasteiger partial charge < -0.3 is 15.0 Å². The zero-order valence-electron chi connectivity index (χ0n) is 12.0. The molecule has 114 valence electrons. The van der Waals surface area contributed by atoms with Crippen LogP contribution in [0.1, 0.15) is 19.8 Å². The van der Waals surface area contributed by atoms with E-state index in [0.29, 0.717) is 32.5 Å². The van der Waals surface area contributed by atoms with Crippen LogP contribution < -0.4 is 10.1 Å². The van der Waals surface area contributed by atoms with E-state index in [0.717, 1.165) is 10.2 Å². The molecule has 1 saturated heterocycles. The van der Waals surface area contributed by atoms with Crippen LogP contribution in [0.5, 0.6) is 5.75 Å². The topological polar surface area (TPSA) is 58.6 Å². The Balaban J connectivity index is 1.87. The van der Waals surface area contributed by atoms with Gasteiger partial charge in [-0.15, -0.1) is 0 Å². The van der Waals surface area contributed by atoms with E-state index in [4.69, 9.17) is 4.74 Å². The van der Waals surface area contributed by atoms with Gasteiger partial charge in [0.15, 0.2) is 0 Å². The predicted molar refractivity (Wildman–Crippen MR) is 83.1 cm³/mol. The molecule has 1 aliphatic rings. The minimum absolute atomic E-state index is 0.0252. The van der Waals surface area contributed by atoms with Gasteiger partial charge in [-0.2, -0.15) is 0 Å². The van der Waals surface area contributed by atoms with Crippen LogP contribution in [0, 0.1) is 0 Å². The summed E-state index contributed by atoms with van der Waals surface area (Å²) in [7, 11) is 0. The van der Waals surface area contributed by atoms with Crippen molar-refractivity contribution in [3.8, 4) is 5.75 Å². The highest BCUT2D eigenvalue weighted by atomic mass is 79.9. The molecule has 1 aliphatic heterocycles. The van der Waals surface area contributed by atoms with Gasteiger partial charge in [0, 0.05) is 17.4 Å². The maximum Gasteiger partial charge on any atom is 0.245 e. The summed E-state index contributed by atoms with van der Waals surface area (Å²) in [4.78, 5) is 25.5. The summed E-state index contributed by atoms with van der Waals surface area (Å²) >= 11 is 3.37. The van der Waals surface area contributed by atoms with Crippen LogP contribution in [-0.2, 0) is 9.59 Å². The summed E-state index contributed by atoms with van der Waals surface area (Å²) in [6, 6.07) is 7.14. The number of nitrogens with one attached hydrogen (secondary N) is 1. The van der Waals surface area contributed by atoms with Crippen LogP contribution >= 0.6 is 15.9 Å². The minimum Gasteiger partial charge on any atom is -0.492 e. The predicted octanol–water partition coefficient (Wildman–Crippen LogP) is 1.95. The summed E-state index contributed by atoms with van der Waals surface area (Å²) in [5.74, 6) is 0.677. The number of halogens is 1. The molecule has 0 aliphatic carbocycles. The van der Waals surface area contributed by atoms with Crippen LogP contribution in [0.25, 0.3) is 0 Å². The SMILES string of the molecule is CCC1NC(=O)CCN(CCOc2ccc(Br)cc2)C1=O. The molecule has 0 saturated carbocycles. The van der Waals surface area contributed by atoms with Crippen molar-refractivity contribution in [2.75, 3.05) is 19.7 Å². The van der Waals surface area contributed by atoms with Gasteiger partial charge in [0.1, 0.15) is 18.4 Å². The molecule has 1 unspecified atom stereocenters. The summed E-state index contributed by atoms with van der Waals surface area (Å²) in [5, 5.41) is 2.75. The normalized spacial score (nSPS) is 19.1. The van der Waals surface area contributed by atoms with Crippen molar-refractivity contribution < 1.29 is 14.3 Å². The molecule has 6 heteroatoms. The highest BCUT2D eigenvalue weighted by Gasteiger charge is 2.28. The maximum atomic E-state index is 12.3. The zero-order chi connectivity index (χ0) is 15.2. The second-order valence-corrected chi connectivity index (χ2v) is 5.82. The fourth-order valence-corrected chi connectivity index (χ4v) is 2.46. The number of carbonyl (C=O) groups is 2. The average molecular weight is 355 g/mol. The Morgan fingerprint density at radius 1 is 1.33 bits per heavy atom. The van der Waals surface area contributed by atoms with Gasteiger partial charge in [0.05, 0.1) is 6.54 Å². The lowest BCUT2D eigenvalue weighted by atomic mass is 10.2. The molecule has 1 aromatic carbocycles. The molecule has 2 amide bonds. The molecule has 21 heavy (non-hydrogen) atoms. The third kappa shape index (κ3) is 4.46. The summed E-state index contributed by atoms with van der Waals surface area (Å²) < 4.78 is 6.62. The summed E-state index contributed by atoms with van der Waals surface area (Å²) in [6.45, 7) is 3.24. The van der Waals surface area contributed by atoms with Gasteiger partial charge in [-0.25, -0.2) is 0 Å². The lowest BCUT2D eigenvalue weighted by Gasteiger charge is -2.23. The number of amides is 2. The molecule has 1 fully saturated rings. The van der Waals surface area contributed by atoms with E-state index >= 15 is 0 Å². The van der Waals surface area contributed by atoms with Gasteiger partial charge in [0.2, 0.25) is 11.8 Å². The molecule has 0 aromatic heterocycles. The van der Waals surface area contributed by atoms with Crippen LogP contribution in [0.4, 0.5) is 0 Å². The standard InChI is InChI=1S/C15H19BrN2O3/c1-2-13-15(20)18(8-7-14(19)17-13)9-10-21-12-5-3-11(16)4-6-12/h3-6,13H,2,7-10H2,1H3,(H,17,19). The van der Waals surface area contributed by atoms with Crippen molar-refractivity contribution in [2.45, 2.75) is 25.8 Å². The fourth-order valence-electron chi connectivity index (χ4n) is 2.20. The second kappa shape index (κ2) is 7.45. The summed E-state index contributed by atoms with van der Waals surface area (Å²) in [6.07, 6.45) is 0.954. The first-order valence-corrected chi connectivity index (χ1v) is 7.86. The molecule has 1 heterocycles. The van der Waals surface area contributed by atoms with Crippen LogP contribution in [0.2, 0.25) is 0 Å². The molecule has 5 nitrogen and oxygen atoms in total. The van der Waals surface area contributed by atoms with Crippen LogP contribution in [0.3, 0.4) is 0 Å². The number of nitrogens with zero attached hydrogens (tertiary/aromatic N) is 1. The van der Waals surface area contributed by atoms with E-state index in [1.807, 2.05) is 31.2 Å². The molecule has 1 aromatic rings. The molecular weight excluding hydrogens is 336 g/mol. The van der Waals surface area contributed by atoms with Crippen molar-refractivity contribution in [3.05, 3.63) is 28.7 Å². The maximum absolute atomic E-state index is 12.3. The lowest BCUT2D eigenvalue weighted by Crippen LogP contribution is -2.45. The van der Waals surface area contributed by atoms with Gasteiger partial charge in [-0.05, 0) is 30.7 Å². The Bertz CT molecular complexity index is 504. The molecule has 2 rings (SSSR count). The molecule has 0 radical (unpaired) electrons. The molecule has 0 bridgehead atoms. The number of carbonyl (C=O) groups excluding carboxylic acids is 2. The zero-order valence-corrected chi connectivity index (χ0v) is 13.6. The molecular formula is C15H19BrN2O3. The summed E-state index contributed by atoms with van der Waals surface area (Å²) in [5.41, 5.74) is 0. The number of benzene rings is 1. The average Bonchev–Trinajstić information content (AvgIpc) is 2.62. The Labute approximate surface area is 132 Å². The van der Waals surface area contributed by atoms with E-state index in [1.165, 1.54) is 0 Å². The Morgan fingerprint density at radius 3 is 2.71 bits per heavy atom. The van der Waals surface area contributed by atoms with E-state index < -0.39 is 6.04 Å². The molecule has 1 atom stereocenters. The van der Waals surface area contributed by atoms with Crippen molar-refractivity contribution >= 4 is 27.7 Å². The second-order valence-electron chi connectivity index (χ2n) is 4.91. The number of hydrogen-bond acceptors (Lipinski definition) is 3. The molecule has 1 N–H and O–H groups in total. The largest absolute Gasteiger partial charge is 0.492 e. The van der Waals surface area contributed by atoms with E-state index in [1.54, 1.807) is 4.90 Å². The Kier molecular flexibility index (Phi) is 5.61. The van der Waals surface area contributed by atoms with Gasteiger partial charge in [-0.1, -0.05) is 22.9 Å². The lowest BCUT2D eigenvalue weighted by molar-refractivity contribution is -0.133. The van der Waals surface area contributed by atoms with Crippen LogP contribution in [0.15, 0.2) is 28.7 Å². The third-order valence-electron chi connectivity index (χ3n) is 3.41. The van der Waals surface area contributed by atoms with Gasteiger partial charge >= 0.3 is 0 Å². The first-order valence-electron chi connectivity index (χ1n) is 7.06. The monoisotopic (exact) mass is 354 g/mol. The Hall–Kier alpha value is -1.56. The van der Waals surface area contributed by atoms with Crippen molar-refractivity contribution in [1.29, 1.82) is 0 Å². The highest BCUT2D eigenvalue weighted by molar-refractivity contribution is 9.10. The van der Waals surface area contributed by atoms with Gasteiger partial charge in [-0.3, -0.25) is 9.59 Å². The van der Waals surface area contributed by atoms with Gasteiger partial charge in [0.25, 0.3) is 0 Å². The smallest absolute Gasteiger partial charge is 0.245 e. The number of ether oxygens (including phenoxy) is 1. The van der Waals surface area contributed by atoms with E-state index in [2.05, 4.69) is 21.2 Å². The van der Waals surface area contributed by atoms with Crippen molar-refractivity contribution in [1.82, 2.24) is 10.2 Å². The van der Waals surface area contributed by atoms with E-state index in [9.17, 15) is 9.59 Å². The minimum atomic E-state index is -0.410. The number of rotatable bonds is 5. The first-order chi connectivity index (χ1) is 10.1. The van der Waals surface area contributed by atoms with Crippen LogP contribution in [-0.4, -0.2) is 42.5 Å². The third-order valence-corrected chi connectivity index (χ3v) is 3.93. The number of hydrogen-bond donors (Lipinski definition) is 1. The molecule has 0 spiro atoms. The van der Waals surface area contributed by atoms with E-state index in [-0.39, 0.29) is 11.8 Å². The first kappa shape index (κ1) is 15.8. The highest BCUT2D eigenvalue weighted by Crippen LogP contribution is 2.16. The van der Waals surface area contributed by atoms with Crippen molar-refractivity contribution in [3.63, 3.8) is 0 Å². The quantitative estimate of drug-likeness (QED) is 0.879.